The number of carbonyl (C=O) groups excluding carboxylic acids is 1. The summed E-state index contributed by atoms with van der Waals surface area (Å²) in [5.41, 5.74) is 2.51. The Hall–Kier alpha value is -2.07. The Morgan fingerprint density at radius 2 is 1.76 bits per heavy atom. The van der Waals surface area contributed by atoms with Crippen LogP contribution in [-0.2, 0) is 7.05 Å². The maximum absolute atomic E-state index is 12.3. The zero-order chi connectivity index (χ0) is 15.0. The number of benzene rings is 2. The maximum atomic E-state index is 12.3. The molecule has 2 aromatic carbocycles. The number of hydrogen-bond donors (Lipinski definition) is 1. The molecule has 1 amide bonds. The number of nitrogens with one attached hydrogen (secondary N) is 1. The van der Waals surface area contributed by atoms with Crippen molar-refractivity contribution in [3.8, 4) is 0 Å². The summed E-state index contributed by atoms with van der Waals surface area (Å²) in [5.74, 6) is -0.0953. The smallest absolute Gasteiger partial charge is 0.272 e. The predicted octanol–water partition coefficient (Wildman–Crippen LogP) is 4.50. The van der Waals surface area contributed by atoms with Crippen LogP contribution in [0.3, 0.4) is 0 Å². The average Bonchev–Trinajstić information content (AvgIpc) is 2.79. The van der Waals surface area contributed by atoms with Gasteiger partial charge >= 0.3 is 0 Å². The van der Waals surface area contributed by atoms with E-state index in [1.54, 1.807) is 0 Å². The lowest BCUT2D eigenvalue weighted by Gasteiger charge is -2.08. The standard InChI is InChI=1S/C17H15BrN2O/c1-11-3-8-16(20(11)2)17(21)19-15-7-5-12-9-14(18)6-4-13(12)10-15/h3-10H,1-2H3,(H,19,21). The first-order chi connectivity index (χ1) is 10.0. The van der Waals surface area contributed by atoms with Crippen molar-refractivity contribution in [1.29, 1.82) is 0 Å². The minimum atomic E-state index is -0.0953. The minimum absolute atomic E-state index is 0.0953. The molecule has 0 fully saturated rings. The van der Waals surface area contributed by atoms with Crippen molar-refractivity contribution < 1.29 is 4.79 Å². The van der Waals surface area contributed by atoms with E-state index in [0.29, 0.717) is 5.69 Å². The Balaban J connectivity index is 1.89. The molecular weight excluding hydrogens is 328 g/mol. The summed E-state index contributed by atoms with van der Waals surface area (Å²) in [5, 5.41) is 5.18. The summed E-state index contributed by atoms with van der Waals surface area (Å²) in [6.45, 7) is 1.98. The van der Waals surface area contributed by atoms with Crippen LogP contribution in [0.1, 0.15) is 16.2 Å². The Labute approximate surface area is 131 Å². The highest BCUT2D eigenvalue weighted by molar-refractivity contribution is 9.10. The second-order valence-electron chi connectivity index (χ2n) is 5.08. The van der Waals surface area contributed by atoms with Crippen LogP contribution in [0.5, 0.6) is 0 Å². The SMILES string of the molecule is Cc1ccc(C(=O)Nc2ccc3cc(Br)ccc3c2)n1C. The molecule has 0 saturated carbocycles. The summed E-state index contributed by atoms with van der Waals surface area (Å²) in [4.78, 5) is 12.3. The molecule has 4 heteroatoms. The number of aromatic nitrogens is 1. The number of carbonyl (C=O) groups is 1. The highest BCUT2D eigenvalue weighted by atomic mass is 79.9. The number of nitrogens with zero attached hydrogens (tertiary/aromatic N) is 1. The van der Waals surface area contributed by atoms with Gasteiger partial charge in [-0.15, -0.1) is 0 Å². The number of hydrogen-bond acceptors (Lipinski definition) is 1. The van der Waals surface area contributed by atoms with E-state index in [1.807, 2.05) is 61.0 Å². The van der Waals surface area contributed by atoms with Crippen LogP contribution in [0.4, 0.5) is 5.69 Å². The van der Waals surface area contributed by atoms with Crippen LogP contribution in [-0.4, -0.2) is 10.5 Å². The Morgan fingerprint density at radius 3 is 2.48 bits per heavy atom. The van der Waals surface area contributed by atoms with Crippen molar-refractivity contribution in [2.24, 2.45) is 7.05 Å². The fourth-order valence-electron chi connectivity index (χ4n) is 2.33. The molecule has 0 bridgehead atoms. The van der Waals surface area contributed by atoms with Gasteiger partial charge in [-0.25, -0.2) is 0 Å². The third-order valence-electron chi connectivity index (χ3n) is 3.67. The molecule has 3 nitrogen and oxygen atoms in total. The zero-order valence-corrected chi connectivity index (χ0v) is 13.4. The molecule has 1 aromatic heterocycles. The first-order valence-corrected chi connectivity index (χ1v) is 7.47. The molecule has 0 atom stereocenters. The number of aryl methyl sites for hydroxylation is 1. The second-order valence-corrected chi connectivity index (χ2v) is 6.00. The monoisotopic (exact) mass is 342 g/mol. The van der Waals surface area contributed by atoms with E-state index in [4.69, 9.17) is 0 Å². The van der Waals surface area contributed by atoms with E-state index in [2.05, 4.69) is 27.3 Å². The van der Waals surface area contributed by atoms with Gasteiger partial charge < -0.3 is 9.88 Å². The van der Waals surface area contributed by atoms with Crippen LogP contribution in [0.25, 0.3) is 10.8 Å². The number of halogens is 1. The van der Waals surface area contributed by atoms with Crippen molar-refractivity contribution in [2.45, 2.75) is 6.92 Å². The first-order valence-electron chi connectivity index (χ1n) is 6.67. The van der Waals surface area contributed by atoms with E-state index in [-0.39, 0.29) is 5.91 Å². The van der Waals surface area contributed by atoms with Gasteiger partial charge in [0.2, 0.25) is 0 Å². The molecule has 3 aromatic rings. The molecule has 0 unspecified atom stereocenters. The molecule has 106 valence electrons. The fourth-order valence-corrected chi connectivity index (χ4v) is 2.71. The normalized spacial score (nSPS) is 10.8. The maximum Gasteiger partial charge on any atom is 0.272 e. The van der Waals surface area contributed by atoms with Gasteiger partial charge in [0.1, 0.15) is 5.69 Å². The van der Waals surface area contributed by atoms with Gasteiger partial charge in [-0.3, -0.25) is 4.79 Å². The van der Waals surface area contributed by atoms with Crippen LogP contribution in [0.15, 0.2) is 53.0 Å². The van der Waals surface area contributed by atoms with Gasteiger partial charge in [0.25, 0.3) is 5.91 Å². The molecule has 1 heterocycles. The quantitative estimate of drug-likeness (QED) is 0.730. The summed E-state index contributed by atoms with van der Waals surface area (Å²) in [6, 6.07) is 15.8. The summed E-state index contributed by atoms with van der Waals surface area (Å²) < 4.78 is 2.93. The lowest BCUT2D eigenvalue weighted by Crippen LogP contribution is -2.15. The van der Waals surface area contributed by atoms with Gasteiger partial charge in [-0.1, -0.05) is 28.1 Å². The second kappa shape index (κ2) is 5.37. The molecule has 0 aliphatic rings. The van der Waals surface area contributed by atoms with E-state index in [1.165, 1.54) is 0 Å². The number of anilines is 1. The molecule has 0 spiro atoms. The molecule has 0 saturated heterocycles. The van der Waals surface area contributed by atoms with Crippen molar-refractivity contribution in [2.75, 3.05) is 5.32 Å². The minimum Gasteiger partial charge on any atom is -0.344 e. The van der Waals surface area contributed by atoms with Crippen LogP contribution in [0.2, 0.25) is 0 Å². The summed E-state index contributed by atoms with van der Waals surface area (Å²) in [7, 11) is 1.89. The lowest BCUT2D eigenvalue weighted by atomic mass is 10.1. The summed E-state index contributed by atoms with van der Waals surface area (Å²) in [6.07, 6.45) is 0. The van der Waals surface area contributed by atoms with Crippen LogP contribution in [0, 0.1) is 6.92 Å². The molecule has 0 aliphatic heterocycles. The van der Waals surface area contributed by atoms with Crippen LogP contribution < -0.4 is 5.32 Å². The highest BCUT2D eigenvalue weighted by Gasteiger charge is 2.11. The molecule has 0 aliphatic carbocycles. The molecule has 0 radical (unpaired) electrons. The summed E-state index contributed by atoms with van der Waals surface area (Å²) >= 11 is 3.46. The third kappa shape index (κ3) is 2.72. The van der Waals surface area contributed by atoms with Gasteiger partial charge in [-0.05, 0) is 54.1 Å². The van der Waals surface area contributed by atoms with Crippen molar-refractivity contribution >= 4 is 38.3 Å². The van der Waals surface area contributed by atoms with E-state index in [9.17, 15) is 4.79 Å². The van der Waals surface area contributed by atoms with E-state index in [0.717, 1.165) is 26.6 Å². The van der Waals surface area contributed by atoms with Crippen LogP contribution >= 0.6 is 15.9 Å². The number of rotatable bonds is 2. The van der Waals surface area contributed by atoms with Crippen molar-refractivity contribution in [3.05, 3.63) is 64.4 Å². The third-order valence-corrected chi connectivity index (χ3v) is 4.16. The Morgan fingerprint density at radius 1 is 1.05 bits per heavy atom. The van der Waals surface area contributed by atoms with E-state index >= 15 is 0 Å². The highest BCUT2D eigenvalue weighted by Crippen LogP contribution is 2.23. The van der Waals surface area contributed by atoms with E-state index < -0.39 is 0 Å². The molecule has 1 N–H and O–H groups in total. The zero-order valence-electron chi connectivity index (χ0n) is 11.9. The Kier molecular flexibility index (Phi) is 3.55. The number of fused-ring (bicyclic) bond motifs is 1. The lowest BCUT2D eigenvalue weighted by molar-refractivity contribution is 0.101. The topological polar surface area (TPSA) is 34.0 Å². The molecular formula is C17H15BrN2O. The number of amides is 1. The predicted molar refractivity (Wildman–Crippen MR) is 89.8 cm³/mol. The fraction of sp³-hybridized carbons (Fsp3) is 0.118. The molecule has 3 rings (SSSR count). The largest absolute Gasteiger partial charge is 0.344 e. The van der Waals surface area contributed by atoms with Crippen molar-refractivity contribution in [3.63, 3.8) is 0 Å². The molecule has 21 heavy (non-hydrogen) atoms. The van der Waals surface area contributed by atoms with Gasteiger partial charge in [0, 0.05) is 22.9 Å². The van der Waals surface area contributed by atoms with Gasteiger partial charge in [0.15, 0.2) is 0 Å². The Bertz CT molecular complexity index is 836. The van der Waals surface area contributed by atoms with Gasteiger partial charge in [0.05, 0.1) is 0 Å². The van der Waals surface area contributed by atoms with Gasteiger partial charge in [-0.2, -0.15) is 0 Å². The average molecular weight is 343 g/mol. The first kappa shape index (κ1) is 13.9. The van der Waals surface area contributed by atoms with Crippen molar-refractivity contribution in [1.82, 2.24) is 4.57 Å².